The van der Waals surface area contributed by atoms with E-state index in [1.165, 1.54) is 0 Å². The lowest BCUT2D eigenvalue weighted by Crippen LogP contribution is -2.45. The van der Waals surface area contributed by atoms with Crippen molar-refractivity contribution >= 4 is 17.5 Å². The molecule has 0 aliphatic carbocycles. The molecule has 21 heavy (non-hydrogen) atoms. The highest BCUT2D eigenvalue weighted by Gasteiger charge is 2.31. The van der Waals surface area contributed by atoms with Gasteiger partial charge in [-0.2, -0.15) is 0 Å². The summed E-state index contributed by atoms with van der Waals surface area (Å²) in [5.41, 5.74) is 1.80. The number of hydrogen-bond acceptors (Lipinski definition) is 3. The molecule has 0 aromatic heterocycles. The molecule has 114 valence electrons. The number of likely N-dealkylation sites (tertiary alicyclic amines) is 1. The smallest absolute Gasteiger partial charge is 0.253 e. The topological polar surface area (TPSA) is 32.8 Å². The van der Waals surface area contributed by atoms with Gasteiger partial charge < -0.3 is 9.64 Å². The quantitative estimate of drug-likeness (QED) is 0.801. The second-order valence-corrected chi connectivity index (χ2v) is 5.94. The van der Waals surface area contributed by atoms with E-state index in [4.69, 9.17) is 16.3 Å². The zero-order valence-electron chi connectivity index (χ0n) is 12.1. The second kappa shape index (κ2) is 6.77. The first-order valence-corrected chi connectivity index (χ1v) is 8.07. The third kappa shape index (κ3) is 3.39. The van der Waals surface area contributed by atoms with Crippen LogP contribution in [0, 0.1) is 0 Å². The number of ether oxygens (including phenoxy) is 1. The van der Waals surface area contributed by atoms with Crippen molar-refractivity contribution in [3.8, 4) is 0 Å². The van der Waals surface area contributed by atoms with Crippen molar-refractivity contribution in [3.05, 3.63) is 35.4 Å². The zero-order valence-corrected chi connectivity index (χ0v) is 12.9. The van der Waals surface area contributed by atoms with Crippen molar-refractivity contribution in [2.45, 2.75) is 18.3 Å². The molecular formula is C16H21ClN2O2. The molecule has 3 rings (SSSR count). The average Bonchev–Trinajstić information content (AvgIpc) is 3.05. The molecule has 2 fully saturated rings. The first-order chi connectivity index (χ1) is 10.3. The summed E-state index contributed by atoms with van der Waals surface area (Å²) in [6.45, 7) is 5.26. The Hall–Kier alpha value is -1.10. The molecule has 0 bridgehead atoms. The molecule has 0 saturated carbocycles. The Morgan fingerprint density at radius 3 is 2.57 bits per heavy atom. The van der Waals surface area contributed by atoms with Gasteiger partial charge in [0.25, 0.3) is 5.91 Å². The van der Waals surface area contributed by atoms with Crippen molar-refractivity contribution in [2.75, 3.05) is 39.4 Å². The number of alkyl halides is 1. The minimum Gasteiger partial charge on any atom is -0.379 e. The molecule has 0 N–H and O–H groups in total. The minimum atomic E-state index is 0.131. The van der Waals surface area contributed by atoms with Gasteiger partial charge in [-0.25, -0.2) is 0 Å². The van der Waals surface area contributed by atoms with E-state index >= 15 is 0 Å². The summed E-state index contributed by atoms with van der Waals surface area (Å²) in [5, 5.41) is 0. The van der Waals surface area contributed by atoms with Crippen molar-refractivity contribution < 1.29 is 9.53 Å². The van der Waals surface area contributed by atoms with Gasteiger partial charge in [0.1, 0.15) is 0 Å². The van der Waals surface area contributed by atoms with Crippen molar-refractivity contribution in [2.24, 2.45) is 0 Å². The van der Waals surface area contributed by atoms with E-state index in [1.54, 1.807) is 0 Å². The summed E-state index contributed by atoms with van der Waals surface area (Å²) in [5.74, 6) is 0.615. The van der Waals surface area contributed by atoms with Crippen LogP contribution in [0.3, 0.4) is 0 Å². The van der Waals surface area contributed by atoms with Crippen molar-refractivity contribution in [1.82, 2.24) is 9.80 Å². The molecule has 0 spiro atoms. The van der Waals surface area contributed by atoms with Crippen LogP contribution in [0.4, 0.5) is 0 Å². The van der Waals surface area contributed by atoms with Gasteiger partial charge in [-0.1, -0.05) is 12.1 Å². The Bertz CT molecular complexity index is 486. The lowest BCUT2D eigenvalue weighted by Gasteiger charge is -2.32. The number of rotatable bonds is 3. The fourth-order valence-corrected chi connectivity index (χ4v) is 3.26. The summed E-state index contributed by atoms with van der Waals surface area (Å²) in [4.78, 5) is 16.9. The number of halogens is 1. The lowest BCUT2D eigenvalue weighted by molar-refractivity contribution is 0.0185. The normalized spacial score (nSPS) is 23.5. The standard InChI is InChI=1S/C16H21ClN2O2/c17-11-13-1-3-14(4-2-13)16(20)19-6-5-15(12-19)18-7-9-21-10-8-18/h1-4,15H,5-12H2. The molecular weight excluding hydrogens is 288 g/mol. The van der Waals surface area contributed by atoms with Crippen LogP contribution in [-0.2, 0) is 10.6 Å². The van der Waals surface area contributed by atoms with E-state index in [0.717, 1.165) is 56.9 Å². The SMILES string of the molecule is O=C(c1ccc(CCl)cc1)N1CCC(N2CCOCC2)C1. The number of amides is 1. The Kier molecular flexibility index (Phi) is 4.78. The fraction of sp³-hybridized carbons (Fsp3) is 0.562. The first-order valence-electron chi connectivity index (χ1n) is 7.54. The van der Waals surface area contributed by atoms with Crippen molar-refractivity contribution in [3.63, 3.8) is 0 Å². The van der Waals surface area contributed by atoms with E-state index in [0.29, 0.717) is 11.9 Å². The summed E-state index contributed by atoms with van der Waals surface area (Å²) in [6, 6.07) is 8.09. The predicted molar refractivity (Wildman–Crippen MR) is 82.7 cm³/mol. The highest BCUT2D eigenvalue weighted by atomic mass is 35.5. The molecule has 4 nitrogen and oxygen atoms in total. The van der Waals surface area contributed by atoms with Crippen LogP contribution in [0.25, 0.3) is 0 Å². The maximum absolute atomic E-state index is 12.5. The molecule has 2 aliphatic rings. The second-order valence-electron chi connectivity index (χ2n) is 5.67. The van der Waals surface area contributed by atoms with E-state index in [-0.39, 0.29) is 5.91 Å². The summed E-state index contributed by atoms with van der Waals surface area (Å²) in [7, 11) is 0. The van der Waals surface area contributed by atoms with Crippen LogP contribution in [0.5, 0.6) is 0 Å². The first kappa shape index (κ1) is 14.8. The largest absolute Gasteiger partial charge is 0.379 e. The number of morpholine rings is 1. The molecule has 5 heteroatoms. The maximum atomic E-state index is 12.5. The Labute approximate surface area is 130 Å². The van der Waals surface area contributed by atoms with E-state index < -0.39 is 0 Å². The zero-order chi connectivity index (χ0) is 14.7. The van der Waals surface area contributed by atoms with E-state index in [1.807, 2.05) is 29.2 Å². The molecule has 1 unspecified atom stereocenters. The molecule has 2 saturated heterocycles. The van der Waals surface area contributed by atoms with Crippen LogP contribution < -0.4 is 0 Å². The lowest BCUT2D eigenvalue weighted by atomic mass is 10.1. The molecule has 1 amide bonds. The summed E-state index contributed by atoms with van der Waals surface area (Å²) < 4.78 is 5.39. The van der Waals surface area contributed by atoms with Crippen LogP contribution in [0.2, 0.25) is 0 Å². The summed E-state index contributed by atoms with van der Waals surface area (Å²) >= 11 is 5.78. The van der Waals surface area contributed by atoms with Gasteiger partial charge >= 0.3 is 0 Å². The number of benzene rings is 1. The molecule has 1 aromatic rings. The fourth-order valence-electron chi connectivity index (χ4n) is 3.09. The van der Waals surface area contributed by atoms with E-state index in [9.17, 15) is 4.79 Å². The van der Waals surface area contributed by atoms with Crippen LogP contribution >= 0.6 is 11.6 Å². The van der Waals surface area contributed by atoms with E-state index in [2.05, 4.69) is 4.90 Å². The minimum absolute atomic E-state index is 0.131. The number of carbonyl (C=O) groups excluding carboxylic acids is 1. The molecule has 1 aromatic carbocycles. The molecule has 1 atom stereocenters. The average molecular weight is 309 g/mol. The van der Waals surface area contributed by atoms with Crippen LogP contribution in [0.15, 0.2) is 24.3 Å². The van der Waals surface area contributed by atoms with Gasteiger partial charge in [0.15, 0.2) is 0 Å². The Morgan fingerprint density at radius 1 is 1.19 bits per heavy atom. The van der Waals surface area contributed by atoms with Gasteiger partial charge in [-0.15, -0.1) is 11.6 Å². The third-order valence-electron chi connectivity index (χ3n) is 4.37. The van der Waals surface area contributed by atoms with Crippen molar-refractivity contribution in [1.29, 1.82) is 0 Å². The predicted octanol–water partition coefficient (Wildman–Crippen LogP) is 1.97. The highest BCUT2D eigenvalue weighted by molar-refractivity contribution is 6.17. The monoisotopic (exact) mass is 308 g/mol. The van der Waals surface area contributed by atoms with Gasteiger partial charge in [-0.3, -0.25) is 9.69 Å². The number of hydrogen-bond donors (Lipinski definition) is 0. The van der Waals surface area contributed by atoms with Gasteiger partial charge in [-0.05, 0) is 24.1 Å². The van der Waals surface area contributed by atoms with Gasteiger partial charge in [0.2, 0.25) is 0 Å². The maximum Gasteiger partial charge on any atom is 0.253 e. The van der Waals surface area contributed by atoms with Crippen LogP contribution in [-0.4, -0.2) is 61.1 Å². The van der Waals surface area contributed by atoms with Gasteiger partial charge in [0.05, 0.1) is 13.2 Å². The number of carbonyl (C=O) groups is 1. The van der Waals surface area contributed by atoms with Gasteiger partial charge in [0, 0.05) is 43.7 Å². The Morgan fingerprint density at radius 2 is 1.90 bits per heavy atom. The molecule has 2 heterocycles. The number of nitrogens with zero attached hydrogens (tertiary/aromatic N) is 2. The Balaban J connectivity index is 1.60. The highest BCUT2D eigenvalue weighted by Crippen LogP contribution is 2.19. The third-order valence-corrected chi connectivity index (χ3v) is 4.68. The molecule has 0 radical (unpaired) electrons. The molecule has 2 aliphatic heterocycles. The van der Waals surface area contributed by atoms with Crippen LogP contribution in [0.1, 0.15) is 22.3 Å². The summed E-state index contributed by atoms with van der Waals surface area (Å²) in [6.07, 6.45) is 1.06.